The number of phenols is 3. The molecule has 4 aliphatic heterocycles. The minimum absolute atomic E-state index is 0.0559. The number of nitrogens with one attached hydrogen (secondary N) is 3. The number of primary amides is 1. The van der Waals surface area contributed by atoms with Crippen molar-refractivity contribution in [1.29, 1.82) is 0 Å². The molecular formula is C58H87N9O15. The molecule has 1 saturated heterocycles. The van der Waals surface area contributed by atoms with Crippen LogP contribution in [0.1, 0.15) is 107 Å². The number of fused-ring (bicyclic) bond motifs is 14. The number of anilines is 1. The average molecular weight is 1150 g/mol. The van der Waals surface area contributed by atoms with E-state index in [9.17, 15) is 44.7 Å². The van der Waals surface area contributed by atoms with Crippen molar-refractivity contribution in [3.63, 3.8) is 0 Å². The van der Waals surface area contributed by atoms with Crippen LogP contribution in [0.5, 0.6) is 23.0 Å². The van der Waals surface area contributed by atoms with E-state index in [4.69, 9.17) is 34.9 Å². The van der Waals surface area contributed by atoms with Crippen molar-refractivity contribution < 1.29 is 73.9 Å². The zero-order valence-electron chi connectivity index (χ0n) is 49.3. The molecule has 24 heteroatoms. The minimum Gasteiger partial charge on any atom is -0.507 e. The third-order valence-electron chi connectivity index (χ3n) is 15.1. The molecule has 0 radical (unpaired) electrons. The number of rotatable bonds is 14. The summed E-state index contributed by atoms with van der Waals surface area (Å²) in [4.78, 5) is 60.2. The number of hydrogen-bond acceptors (Lipinski definition) is 22. The molecule has 11 atom stereocenters. The van der Waals surface area contributed by atoms with Gasteiger partial charge in [0.1, 0.15) is 29.0 Å². The number of Topliss-reactive ketones (excluding diaryl/α,β-unsaturated/α-hetero) is 1. The SMILES string of the molecule is CC[C@@H](CO)NCCN[C@@H](CC)CO.CO[C@H]1/C=C/O[C@@]2(C)Oc3c(C)c(O)c4c(O)c(c(/C=N\N5CCN(C)CC5)c(O)c4c3C2=O)NC(=O)/C(C)=C\C=C\[C@H](C)[C@H](O)[C@@H](C)[C@@H](O)[C@@H](C)[C@H](OC(C)=O)[C@@H]1C.NC(=O)c1cnccn1. The number of methoxy groups -OCH3 is 1. The first kappa shape index (κ1) is 67.7. The third kappa shape index (κ3) is 17.2. The van der Waals surface area contributed by atoms with Crippen LogP contribution in [0.15, 0.2) is 59.8 Å². The summed E-state index contributed by atoms with van der Waals surface area (Å²) in [6, 6.07) is 0.400. The van der Waals surface area contributed by atoms with Crippen LogP contribution in [0, 0.1) is 30.6 Å². The number of nitrogens with two attached hydrogens (primary N) is 1. The molecule has 12 N–H and O–H groups in total. The molecule has 0 saturated carbocycles. The fourth-order valence-corrected chi connectivity index (χ4v) is 9.58. The number of aromatic nitrogens is 2. The maximum Gasteiger partial charge on any atom is 0.312 e. The lowest BCUT2D eigenvalue weighted by Crippen LogP contribution is -2.46. The Morgan fingerprint density at radius 1 is 0.915 bits per heavy atom. The predicted octanol–water partition coefficient (Wildman–Crippen LogP) is 3.62. The van der Waals surface area contributed by atoms with E-state index in [-0.39, 0.29) is 75.5 Å². The number of allylic oxidation sites excluding steroid dienone is 2. The fourth-order valence-electron chi connectivity index (χ4n) is 9.58. The molecule has 1 aromatic heterocycles. The Bertz CT molecular complexity index is 2730. The quantitative estimate of drug-likeness (QED) is 0.0361. The van der Waals surface area contributed by atoms with Crippen molar-refractivity contribution in [2.45, 2.75) is 124 Å². The summed E-state index contributed by atoms with van der Waals surface area (Å²) in [6.07, 6.45) is 11.0. The number of amides is 2. The molecule has 5 bridgehead atoms. The fraction of sp³-hybridized carbons (Fsp3) is 0.569. The second kappa shape index (κ2) is 31.6. The molecule has 0 spiro atoms. The van der Waals surface area contributed by atoms with Crippen LogP contribution < -0.4 is 26.4 Å². The Morgan fingerprint density at radius 3 is 2.06 bits per heavy atom. The number of carbonyl (C=O) groups is 4. The van der Waals surface area contributed by atoms with E-state index < -0.39 is 94.7 Å². The van der Waals surface area contributed by atoms with Crippen molar-refractivity contribution in [3.8, 4) is 23.0 Å². The number of esters is 1. The zero-order chi connectivity index (χ0) is 61.2. The van der Waals surface area contributed by atoms with Gasteiger partial charge in [-0.25, -0.2) is 4.98 Å². The van der Waals surface area contributed by atoms with E-state index in [1.165, 1.54) is 78.0 Å². The van der Waals surface area contributed by atoms with E-state index in [0.717, 1.165) is 39.0 Å². The number of benzene rings is 2. The number of aliphatic hydroxyl groups is 4. The zero-order valence-corrected chi connectivity index (χ0v) is 49.3. The molecule has 7 rings (SSSR count). The van der Waals surface area contributed by atoms with Crippen molar-refractivity contribution in [2.75, 3.05) is 72.0 Å². The predicted molar refractivity (Wildman–Crippen MR) is 309 cm³/mol. The Labute approximate surface area is 480 Å². The topological polar surface area (TPSA) is 354 Å². The highest BCUT2D eigenvalue weighted by molar-refractivity contribution is 6.24. The van der Waals surface area contributed by atoms with Gasteiger partial charge in [-0.05, 0) is 39.8 Å². The molecule has 2 aromatic carbocycles. The first-order valence-electron chi connectivity index (χ1n) is 27.6. The van der Waals surface area contributed by atoms with Gasteiger partial charge in [0.2, 0.25) is 0 Å². The van der Waals surface area contributed by atoms with Crippen LogP contribution in [-0.2, 0) is 23.8 Å². The van der Waals surface area contributed by atoms with Gasteiger partial charge in [-0.2, -0.15) is 5.10 Å². The molecular weight excluding hydrogens is 1060 g/mol. The molecule has 82 heavy (non-hydrogen) atoms. The van der Waals surface area contributed by atoms with Crippen molar-refractivity contribution >= 4 is 46.2 Å². The van der Waals surface area contributed by atoms with Gasteiger partial charge >= 0.3 is 11.8 Å². The molecule has 0 aliphatic carbocycles. The largest absolute Gasteiger partial charge is 0.507 e. The number of aromatic hydroxyl groups is 3. The second-order valence-electron chi connectivity index (χ2n) is 21.1. The van der Waals surface area contributed by atoms with E-state index in [1.54, 1.807) is 44.9 Å². The number of hydrazone groups is 1. The maximum atomic E-state index is 14.4. The monoisotopic (exact) mass is 1150 g/mol. The Morgan fingerprint density at radius 2 is 1.54 bits per heavy atom. The van der Waals surface area contributed by atoms with E-state index in [0.29, 0.717) is 13.1 Å². The third-order valence-corrected chi connectivity index (χ3v) is 15.1. The molecule has 24 nitrogen and oxygen atoms in total. The van der Waals surface area contributed by atoms with Gasteiger partial charge in [-0.15, -0.1) is 0 Å². The number of phenolic OH excluding ortho intramolecular Hbond substituents is 3. The molecule has 5 heterocycles. The minimum atomic E-state index is -2.04. The van der Waals surface area contributed by atoms with Crippen molar-refractivity contribution in [2.24, 2.45) is 34.5 Å². The number of hydrogen-bond donors (Lipinski definition) is 11. The lowest BCUT2D eigenvalue weighted by molar-refractivity contribution is -0.160. The van der Waals surface area contributed by atoms with Crippen molar-refractivity contribution in [1.82, 2.24) is 30.5 Å². The molecule has 2 amide bonds. The number of piperazine rings is 1. The molecule has 454 valence electrons. The van der Waals surface area contributed by atoms with Crippen LogP contribution in [0.25, 0.3) is 10.8 Å². The van der Waals surface area contributed by atoms with Crippen LogP contribution in [0.3, 0.4) is 0 Å². The summed E-state index contributed by atoms with van der Waals surface area (Å²) < 4.78 is 23.6. The van der Waals surface area contributed by atoms with E-state index in [2.05, 4.69) is 35.9 Å². The van der Waals surface area contributed by atoms with Crippen LogP contribution >= 0.6 is 0 Å². The van der Waals surface area contributed by atoms with Gasteiger partial charge in [-0.1, -0.05) is 59.8 Å². The van der Waals surface area contributed by atoms with Gasteiger partial charge in [0.15, 0.2) is 5.75 Å². The van der Waals surface area contributed by atoms with Crippen LogP contribution in [0.4, 0.5) is 5.69 Å². The number of ether oxygens (including phenoxy) is 4. The van der Waals surface area contributed by atoms with Gasteiger partial charge in [0.25, 0.3) is 17.6 Å². The number of likely N-dealkylation sites (N-methyl/N-ethyl adjacent to an activating group) is 1. The van der Waals surface area contributed by atoms with Gasteiger partial charge in [0.05, 0.1) is 72.4 Å². The van der Waals surface area contributed by atoms with Crippen LogP contribution in [-0.4, -0.2) is 194 Å². The lowest BCUT2D eigenvalue weighted by Gasteiger charge is -2.38. The number of nitrogens with zero attached hydrogens (tertiary/aromatic N) is 5. The Hall–Kier alpha value is -6.77. The summed E-state index contributed by atoms with van der Waals surface area (Å²) in [6.45, 7) is 21.2. The van der Waals surface area contributed by atoms with Crippen molar-refractivity contribution in [3.05, 3.63) is 77.1 Å². The smallest absolute Gasteiger partial charge is 0.312 e. The first-order valence-corrected chi connectivity index (χ1v) is 27.6. The van der Waals surface area contributed by atoms with Gasteiger partial charge in [0, 0.05) is 125 Å². The number of carbonyl (C=O) groups excluding carboxylic acids is 4. The molecule has 0 unspecified atom stereocenters. The number of ketones is 1. The lowest BCUT2D eigenvalue weighted by atomic mass is 9.78. The Balaban J connectivity index is 0.000000519. The molecule has 1 fully saturated rings. The highest BCUT2D eigenvalue weighted by Crippen LogP contribution is 2.55. The Kier molecular flexibility index (Phi) is 26.1. The summed E-state index contributed by atoms with van der Waals surface area (Å²) in [7, 11) is 3.42. The van der Waals surface area contributed by atoms with E-state index >= 15 is 0 Å². The second-order valence-corrected chi connectivity index (χ2v) is 21.1. The highest BCUT2D eigenvalue weighted by Gasteiger charge is 2.50. The highest BCUT2D eigenvalue weighted by atomic mass is 16.7. The van der Waals surface area contributed by atoms with Gasteiger partial charge < -0.3 is 81.3 Å². The first-order chi connectivity index (χ1) is 38.8. The van der Waals surface area contributed by atoms with Crippen LogP contribution in [0.2, 0.25) is 0 Å². The average Bonchev–Trinajstić information content (AvgIpc) is 1.96. The normalized spacial score (nSPS) is 26.7. The maximum absolute atomic E-state index is 14.4. The summed E-state index contributed by atoms with van der Waals surface area (Å²) in [5.74, 6) is -8.90. The molecule has 3 aromatic rings. The molecule has 4 aliphatic rings. The number of aliphatic hydroxyl groups excluding tert-OH is 4. The van der Waals surface area contributed by atoms with E-state index in [1.807, 2.05) is 20.9 Å². The summed E-state index contributed by atoms with van der Waals surface area (Å²) in [5.41, 5.74) is 4.71. The summed E-state index contributed by atoms with van der Waals surface area (Å²) >= 11 is 0. The van der Waals surface area contributed by atoms with Gasteiger partial charge in [-0.3, -0.25) is 29.2 Å². The summed E-state index contributed by atoms with van der Waals surface area (Å²) in [5, 5.41) is 91.1. The standard InChI is InChI=1S/C43H58N4O12.C10H24N2O2.C5H5N3O/c1-21-12-11-13-22(2)42(55)45-33-28(20-44-47-17-15-46(9)16-18-47)37(52)30-31(38(33)53)36(51)26(6)40-32(30)41(54)43(8,59-40)57-19-14-29(56-10)23(3)39(58-27(7)48)25(5)35(50)24(4)34(21)49;1-3-9(7-13)11-5-6-12-10(4-2)8-14;6-5(9)4-3-7-1-2-8-4/h11-14,19-21,23-25,29,34-35,39,49-53H,15-18H2,1-10H3,(H,45,55);9-14H,3-8H2,1-2H3;1-3H,(H2,6,9)/b12-11+,19-14+,22-13-,44-20-;;/t21-,23+,24+,25+,29-,34-,35+,39+,43-;9-,10-;/m00./s1.